The van der Waals surface area contributed by atoms with Crippen LogP contribution in [-0.4, -0.2) is 61.3 Å². The van der Waals surface area contributed by atoms with Crippen LogP contribution in [0.5, 0.6) is 0 Å². The van der Waals surface area contributed by atoms with Gasteiger partial charge in [-0.25, -0.2) is 0 Å². The zero-order valence-corrected chi connectivity index (χ0v) is 29.5. The molecule has 0 atom stereocenters. The lowest BCUT2D eigenvalue weighted by Crippen LogP contribution is -3.00. The van der Waals surface area contributed by atoms with Crippen LogP contribution in [0.1, 0.15) is 158 Å². The van der Waals surface area contributed by atoms with E-state index in [2.05, 4.69) is 55.4 Å². The fourth-order valence-electron chi connectivity index (χ4n) is 5.29. The first kappa shape index (κ1) is 44.0. The van der Waals surface area contributed by atoms with Crippen molar-refractivity contribution in [1.29, 1.82) is 0 Å². The van der Waals surface area contributed by atoms with E-state index in [1.54, 1.807) is 0 Å². The van der Waals surface area contributed by atoms with Gasteiger partial charge in [-0.2, -0.15) is 0 Å². The molecular weight excluding hydrogens is 575 g/mol. The standard InChI is InChI=1S/2C16H36N.ClH.HI/c2*1-5-9-13-17(14-10-6-2,15-11-7-3)16-12-8-4;;/h2*5-16H2,1-4H3;2*1H/q2*+1;;/p-2. The highest BCUT2D eigenvalue weighted by Gasteiger charge is 2.25. The summed E-state index contributed by atoms with van der Waals surface area (Å²) < 4.78 is 2.84. The molecule has 0 aliphatic carbocycles. The first-order valence-corrected chi connectivity index (χ1v) is 16.2. The molecule has 0 aromatic heterocycles. The molecule has 0 spiro atoms. The molecule has 0 N–H and O–H groups in total. The highest BCUT2D eigenvalue weighted by atomic mass is 127. The Morgan fingerprint density at radius 2 is 0.389 bits per heavy atom. The summed E-state index contributed by atoms with van der Waals surface area (Å²) in [5.74, 6) is 0. The van der Waals surface area contributed by atoms with Crippen LogP contribution in [-0.2, 0) is 0 Å². The maximum Gasteiger partial charge on any atom is 0.0786 e. The first-order chi connectivity index (χ1) is 16.5. The van der Waals surface area contributed by atoms with Gasteiger partial charge in [0.2, 0.25) is 0 Å². The molecule has 0 bridgehead atoms. The van der Waals surface area contributed by atoms with Crippen LogP contribution in [0.25, 0.3) is 0 Å². The summed E-state index contributed by atoms with van der Waals surface area (Å²) in [5.41, 5.74) is 0. The van der Waals surface area contributed by atoms with E-state index in [9.17, 15) is 0 Å². The van der Waals surface area contributed by atoms with Gasteiger partial charge in [-0.15, -0.1) is 0 Å². The Hall–Kier alpha value is 0.940. The fourth-order valence-corrected chi connectivity index (χ4v) is 5.29. The van der Waals surface area contributed by atoms with E-state index >= 15 is 0 Å². The van der Waals surface area contributed by atoms with Crippen LogP contribution < -0.4 is 36.4 Å². The molecule has 0 fully saturated rings. The van der Waals surface area contributed by atoms with Crippen molar-refractivity contribution in [2.45, 2.75) is 158 Å². The molecule has 36 heavy (non-hydrogen) atoms. The SMILES string of the molecule is CCCC[N+](CCCC)(CCCC)CCCC.CCCC[N+](CCCC)(CCCC)CCCC.[Cl-].[I-]. The molecule has 0 aromatic carbocycles. The average molecular weight is 647 g/mol. The number of nitrogens with zero attached hydrogens (tertiary/aromatic N) is 2. The van der Waals surface area contributed by atoms with Gasteiger partial charge in [0.25, 0.3) is 0 Å². The van der Waals surface area contributed by atoms with Crippen molar-refractivity contribution in [1.82, 2.24) is 0 Å². The van der Waals surface area contributed by atoms with E-state index in [0.717, 1.165) is 0 Å². The topological polar surface area (TPSA) is 0 Å². The van der Waals surface area contributed by atoms with Crippen LogP contribution in [0.3, 0.4) is 0 Å². The van der Waals surface area contributed by atoms with Crippen LogP contribution in [0.2, 0.25) is 0 Å². The van der Waals surface area contributed by atoms with Crippen molar-refractivity contribution in [3.63, 3.8) is 0 Å². The molecule has 224 valence electrons. The van der Waals surface area contributed by atoms with Gasteiger partial charge < -0.3 is 45.3 Å². The maximum atomic E-state index is 2.33. The smallest absolute Gasteiger partial charge is 0.0786 e. The molecule has 0 rings (SSSR count). The van der Waals surface area contributed by atoms with E-state index in [1.807, 2.05) is 0 Å². The van der Waals surface area contributed by atoms with E-state index in [4.69, 9.17) is 0 Å². The fraction of sp³-hybridized carbons (Fsp3) is 1.00. The van der Waals surface area contributed by atoms with E-state index in [-0.39, 0.29) is 36.4 Å². The maximum absolute atomic E-state index is 2.33. The van der Waals surface area contributed by atoms with Crippen molar-refractivity contribution in [2.75, 3.05) is 52.4 Å². The lowest BCUT2D eigenvalue weighted by Gasteiger charge is -2.39. The Morgan fingerprint density at radius 3 is 0.472 bits per heavy atom. The molecule has 0 radical (unpaired) electrons. The van der Waals surface area contributed by atoms with Gasteiger partial charge in [0, 0.05) is 0 Å². The number of quaternary nitrogens is 2. The number of rotatable bonds is 24. The van der Waals surface area contributed by atoms with Gasteiger partial charge in [-0.3, -0.25) is 0 Å². The van der Waals surface area contributed by atoms with Gasteiger partial charge >= 0.3 is 0 Å². The average Bonchev–Trinajstić information content (AvgIpc) is 2.87. The van der Waals surface area contributed by atoms with Crippen LogP contribution in [0, 0.1) is 0 Å². The lowest BCUT2D eigenvalue weighted by atomic mass is 10.1. The van der Waals surface area contributed by atoms with E-state index < -0.39 is 0 Å². The Bertz CT molecular complexity index is 281. The molecule has 0 aliphatic heterocycles. The normalized spacial score (nSPS) is 11.3. The first-order valence-electron chi connectivity index (χ1n) is 16.2. The third-order valence-electron chi connectivity index (χ3n) is 7.89. The van der Waals surface area contributed by atoms with Gasteiger partial charge in [-0.05, 0) is 51.4 Å². The summed E-state index contributed by atoms with van der Waals surface area (Å²) in [4.78, 5) is 0. The second-order valence-corrected chi connectivity index (χ2v) is 11.3. The molecule has 2 nitrogen and oxygen atoms in total. The second-order valence-electron chi connectivity index (χ2n) is 11.3. The summed E-state index contributed by atoms with van der Waals surface area (Å²) in [5, 5.41) is 0. The van der Waals surface area contributed by atoms with Crippen molar-refractivity contribution < 1.29 is 45.3 Å². The number of unbranched alkanes of at least 4 members (excludes halogenated alkanes) is 8. The minimum Gasteiger partial charge on any atom is -1.00 e. The molecular formula is C32H72ClIN2. The Kier molecular flexibility index (Phi) is 39.3. The third kappa shape index (κ3) is 24.0. The molecule has 0 saturated carbocycles. The zero-order chi connectivity index (χ0) is 26.0. The van der Waals surface area contributed by atoms with Crippen LogP contribution in [0.15, 0.2) is 0 Å². The molecule has 0 heterocycles. The molecule has 0 unspecified atom stereocenters. The van der Waals surface area contributed by atoms with Gasteiger partial charge in [0.05, 0.1) is 52.4 Å². The zero-order valence-electron chi connectivity index (χ0n) is 26.6. The van der Waals surface area contributed by atoms with Crippen LogP contribution in [0.4, 0.5) is 0 Å². The predicted octanol–water partition coefficient (Wildman–Crippen LogP) is 4.02. The largest absolute Gasteiger partial charge is 1.00 e. The molecule has 0 saturated heterocycles. The van der Waals surface area contributed by atoms with Crippen LogP contribution >= 0.6 is 0 Å². The number of halogens is 2. The Morgan fingerprint density at radius 1 is 0.278 bits per heavy atom. The van der Waals surface area contributed by atoms with Crippen molar-refractivity contribution in [2.24, 2.45) is 0 Å². The van der Waals surface area contributed by atoms with Crippen molar-refractivity contribution in [3.05, 3.63) is 0 Å². The van der Waals surface area contributed by atoms with E-state index in [0.29, 0.717) is 0 Å². The number of hydrogen-bond acceptors (Lipinski definition) is 0. The van der Waals surface area contributed by atoms with Gasteiger partial charge in [0.15, 0.2) is 0 Å². The van der Waals surface area contributed by atoms with Gasteiger partial charge in [-0.1, -0.05) is 107 Å². The monoisotopic (exact) mass is 646 g/mol. The summed E-state index contributed by atoms with van der Waals surface area (Å²) >= 11 is 0. The third-order valence-corrected chi connectivity index (χ3v) is 7.89. The highest BCUT2D eigenvalue weighted by molar-refractivity contribution is 4.50. The van der Waals surface area contributed by atoms with E-state index in [1.165, 1.54) is 164 Å². The van der Waals surface area contributed by atoms with Crippen molar-refractivity contribution >= 4 is 0 Å². The Labute approximate surface area is 254 Å². The predicted molar refractivity (Wildman–Crippen MR) is 159 cm³/mol. The summed E-state index contributed by atoms with van der Waals surface area (Å²) in [6, 6.07) is 0. The highest BCUT2D eigenvalue weighted by Crippen LogP contribution is 2.17. The second kappa shape index (κ2) is 32.2. The summed E-state index contributed by atoms with van der Waals surface area (Å²) in [7, 11) is 0. The lowest BCUT2D eigenvalue weighted by molar-refractivity contribution is -0.929. The number of hydrogen-bond donors (Lipinski definition) is 0. The summed E-state index contributed by atoms with van der Waals surface area (Å²) in [6.07, 6.45) is 22.1. The van der Waals surface area contributed by atoms with Gasteiger partial charge in [0.1, 0.15) is 0 Å². The molecule has 4 heteroatoms. The Balaban J connectivity index is -0.000000269. The minimum absolute atomic E-state index is 0. The van der Waals surface area contributed by atoms with Crippen molar-refractivity contribution in [3.8, 4) is 0 Å². The molecule has 0 aromatic rings. The quantitative estimate of drug-likeness (QED) is 0.110. The minimum atomic E-state index is 0. The molecule has 0 amide bonds. The molecule has 0 aliphatic rings. The summed E-state index contributed by atoms with van der Waals surface area (Å²) in [6.45, 7) is 30.0.